The van der Waals surface area contributed by atoms with E-state index in [4.69, 9.17) is 15.0 Å². The number of benzene rings is 7. The molecule has 1 aliphatic carbocycles. The minimum atomic E-state index is 0.670. The van der Waals surface area contributed by atoms with E-state index in [1.165, 1.54) is 64.2 Å². The average Bonchev–Trinajstić information content (AvgIpc) is 3.77. The molecule has 3 heterocycles. The summed E-state index contributed by atoms with van der Waals surface area (Å²) < 4.78 is 5.13. The van der Waals surface area contributed by atoms with Gasteiger partial charge in [-0.3, -0.25) is 0 Å². The molecule has 3 aromatic heterocycles. The molecule has 4 nitrogen and oxygen atoms in total. The van der Waals surface area contributed by atoms with Crippen molar-refractivity contribution in [2.24, 2.45) is 0 Å². The topological polar surface area (TPSA) is 43.6 Å². The highest BCUT2D eigenvalue weighted by molar-refractivity contribution is 7.26. The Labute approximate surface area is 304 Å². The van der Waals surface area contributed by atoms with Gasteiger partial charge in [0.05, 0.1) is 11.0 Å². The Kier molecular flexibility index (Phi) is 6.51. The highest BCUT2D eigenvalue weighted by atomic mass is 32.1. The molecule has 0 atom stereocenters. The third-order valence-corrected chi connectivity index (χ3v) is 11.7. The SMILES string of the molecule is c1ccc(-c2nc(-c3ccccc3)nc(-c3cc4c5c6c(cc(-c7cccc8c7sc7ccccc78)cc6n(-c6ccccc6)c5c3)CC4)n2)cc1. The first-order valence-electron chi connectivity index (χ1n) is 17.7. The third kappa shape index (κ3) is 4.56. The third-order valence-electron chi connectivity index (χ3n) is 10.5. The number of hydrogen-bond acceptors (Lipinski definition) is 4. The van der Waals surface area contributed by atoms with Gasteiger partial charge in [-0.15, -0.1) is 11.3 Å². The van der Waals surface area contributed by atoms with Crippen LogP contribution in [0.2, 0.25) is 0 Å². The van der Waals surface area contributed by atoms with E-state index in [2.05, 4.69) is 126 Å². The molecule has 0 spiro atoms. The first-order chi connectivity index (χ1) is 25.8. The van der Waals surface area contributed by atoms with Gasteiger partial charge in [-0.25, -0.2) is 15.0 Å². The lowest BCUT2D eigenvalue weighted by atomic mass is 9.88. The van der Waals surface area contributed by atoms with E-state index in [9.17, 15) is 0 Å². The second kappa shape index (κ2) is 11.6. The number of thiophene rings is 1. The number of fused-ring (bicyclic) bond motifs is 3. The molecule has 10 aromatic rings. The number of aryl methyl sites for hydroxylation is 2. The molecule has 0 fully saturated rings. The van der Waals surface area contributed by atoms with Crippen molar-refractivity contribution < 1.29 is 0 Å². The molecule has 0 N–H and O–H groups in total. The predicted molar refractivity (Wildman–Crippen MR) is 216 cm³/mol. The summed E-state index contributed by atoms with van der Waals surface area (Å²) in [6, 6.07) is 56.2. The van der Waals surface area contributed by atoms with Gasteiger partial charge in [0.2, 0.25) is 0 Å². The van der Waals surface area contributed by atoms with Crippen LogP contribution in [0.3, 0.4) is 0 Å². The fraction of sp³-hybridized carbons (Fsp3) is 0.0426. The largest absolute Gasteiger partial charge is 0.309 e. The molecule has 0 saturated heterocycles. The van der Waals surface area contributed by atoms with Gasteiger partial charge in [0, 0.05) is 53.3 Å². The van der Waals surface area contributed by atoms with Gasteiger partial charge in [-0.05, 0) is 71.5 Å². The molecule has 5 heteroatoms. The van der Waals surface area contributed by atoms with Crippen molar-refractivity contribution in [1.82, 2.24) is 19.5 Å². The van der Waals surface area contributed by atoms with Crippen LogP contribution in [0, 0.1) is 0 Å². The number of para-hydroxylation sites is 1. The first kappa shape index (κ1) is 29.3. The molecule has 0 saturated carbocycles. The zero-order valence-electron chi connectivity index (χ0n) is 28.1. The van der Waals surface area contributed by atoms with Gasteiger partial charge >= 0.3 is 0 Å². The van der Waals surface area contributed by atoms with Crippen molar-refractivity contribution in [1.29, 1.82) is 0 Å². The van der Waals surface area contributed by atoms with Crippen LogP contribution in [0.15, 0.2) is 158 Å². The Morgan fingerprint density at radius 2 is 0.962 bits per heavy atom. The smallest absolute Gasteiger partial charge is 0.164 e. The maximum absolute atomic E-state index is 5.12. The van der Waals surface area contributed by atoms with Gasteiger partial charge in [0.25, 0.3) is 0 Å². The molecule has 1 aliphatic rings. The molecule has 0 bridgehead atoms. The predicted octanol–water partition coefficient (Wildman–Crippen LogP) is 12.1. The molecule has 0 unspecified atom stereocenters. The fourth-order valence-electron chi connectivity index (χ4n) is 8.15. The van der Waals surface area contributed by atoms with E-state index in [0.717, 1.165) is 35.2 Å². The highest BCUT2D eigenvalue weighted by Gasteiger charge is 2.25. The van der Waals surface area contributed by atoms with Crippen LogP contribution in [0.25, 0.3) is 93.0 Å². The Morgan fingerprint density at radius 3 is 1.62 bits per heavy atom. The Morgan fingerprint density at radius 1 is 0.442 bits per heavy atom. The molecule has 52 heavy (non-hydrogen) atoms. The zero-order valence-corrected chi connectivity index (χ0v) is 28.9. The summed E-state index contributed by atoms with van der Waals surface area (Å²) in [5.74, 6) is 2.02. The Hall–Kier alpha value is -6.43. The van der Waals surface area contributed by atoms with Crippen molar-refractivity contribution in [2.75, 3.05) is 0 Å². The average molecular weight is 683 g/mol. The molecular weight excluding hydrogens is 653 g/mol. The maximum atomic E-state index is 5.12. The van der Waals surface area contributed by atoms with Crippen molar-refractivity contribution in [3.05, 3.63) is 169 Å². The minimum Gasteiger partial charge on any atom is -0.309 e. The summed E-state index contributed by atoms with van der Waals surface area (Å²) in [4.78, 5) is 15.2. The lowest BCUT2D eigenvalue weighted by molar-refractivity contribution is 0.969. The number of hydrogen-bond donors (Lipinski definition) is 0. The fourth-order valence-corrected chi connectivity index (χ4v) is 9.38. The molecule has 7 aromatic carbocycles. The normalized spacial score (nSPS) is 12.5. The standard InChI is InChI=1S/C47H30N4S/c1-4-13-29(14-5-1)45-48-46(30-15-6-2-7-16-30)50-47(49-45)34-26-32-24-23-31-25-33(36-20-12-21-38-37-19-10-11-22-41(37)52-44(36)38)27-39-42(31)43(32)40(28-34)51(39)35-17-8-3-9-18-35/h1-22,25-28H,23-24H2. The Bertz CT molecular complexity index is 2940. The second-order valence-electron chi connectivity index (χ2n) is 13.5. The molecule has 0 amide bonds. The van der Waals surface area contributed by atoms with Gasteiger partial charge < -0.3 is 4.57 Å². The summed E-state index contributed by atoms with van der Waals surface area (Å²) in [5, 5.41) is 5.33. The lowest BCUT2D eigenvalue weighted by Crippen LogP contribution is -2.02. The monoisotopic (exact) mass is 682 g/mol. The summed E-state index contributed by atoms with van der Waals surface area (Å²) in [6.45, 7) is 0. The molecule has 0 aliphatic heterocycles. The number of nitrogens with zero attached hydrogens (tertiary/aromatic N) is 4. The molecule has 11 rings (SSSR count). The van der Waals surface area contributed by atoms with Crippen LogP contribution in [0.1, 0.15) is 11.1 Å². The summed E-state index contributed by atoms with van der Waals surface area (Å²) in [6.07, 6.45) is 1.92. The van der Waals surface area contributed by atoms with E-state index in [0.29, 0.717) is 17.5 Å². The van der Waals surface area contributed by atoms with Crippen LogP contribution in [-0.4, -0.2) is 19.5 Å². The highest BCUT2D eigenvalue weighted by Crippen LogP contribution is 2.46. The van der Waals surface area contributed by atoms with Gasteiger partial charge in [-0.1, -0.05) is 121 Å². The Balaban J connectivity index is 1.18. The van der Waals surface area contributed by atoms with Crippen LogP contribution < -0.4 is 0 Å². The van der Waals surface area contributed by atoms with Crippen molar-refractivity contribution >= 4 is 53.3 Å². The van der Waals surface area contributed by atoms with Gasteiger partial charge in [-0.2, -0.15) is 0 Å². The lowest BCUT2D eigenvalue weighted by Gasteiger charge is -2.16. The van der Waals surface area contributed by atoms with E-state index < -0.39 is 0 Å². The van der Waals surface area contributed by atoms with Crippen LogP contribution in [-0.2, 0) is 12.8 Å². The second-order valence-corrected chi connectivity index (χ2v) is 14.6. The summed E-state index contributed by atoms with van der Waals surface area (Å²) >= 11 is 1.89. The van der Waals surface area contributed by atoms with Crippen molar-refractivity contribution in [3.8, 4) is 51.0 Å². The molecular formula is C47H30N4S. The van der Waals surface area contributed by atoms with Crippen molar-refractivity contribution in [2.45, 2.75) is 12.8 Å². The van der Waals surface area contributed by atoms with Gasteiger partial charge in [0.1, 0.15) is 0 Å². The summed E-state index contributed by atoms with van der Waals surface area (Å²) in [7, 11) is 0. The van der Waals surface area contributed by atoms with E-state index >= 15 is 0 Å². The molecule has 0 radical (unpaired) electrons. The van der Waals surface area contributed by atoms with Crippen LogP contribution >= 0.6 is 11.3 Å². The van der Waals surface area contributed by atoms with Crippen LogP contribution in [0.5, 0.6) is 0 Å². The molecule has 244 valence electrons. The maximum Gasteiger partial charge on any atom is 0.164 e. The number of rotatable bonds is 5. The van der Waals surface area contributed by atoms with E-state index in [-0.39, 0.29) is 0 Å². The first-order valence-corrected chi connectivity index (χ1v) is 18.6. The number of aromatic nitrogens is 4. The quantitative estimate of drug-likeness (QED) is 0.181. The minimum absolute atomic E-state index is 0.670. The van der Waals surface area contributed by atoms with Gasteiger partial charge in [0.15, 0.2) is 17.5 Å². The van der Waals surface area contributed by atoms with E-state index in [1.54, 1.807) is 0 Å². The van der Waals surface area contributed by atoms with Crippen molar-refractivity contribution in [3.63, 3.8) is 0 Å². The summed E-state index contributed by atoms with van der Waals surface area (Å²) in [5.41, 5.74) is 11.8. The van der Waals surface area contributed by atoms with E-state index in [1.807, 2.05) is 47.7 Å². The zero-order chi connectivity index (χ0) is 34.2. The van der Waals surface area contributed by atoms with Crippen LogP contribution in [0.4, 0.5) is 0 Å².